The van der Waals surface area contributed by atoms with Gasteiger partial charge in [0, 0.05) is 6.54 Å². The van der Waals surface area contributed by atoms with E-state index in [4.69, 9.17) is 5.73 Å². The highest BCUT2D eigenvalue weighted by Crippen LogP contribution is 2.50. The Morgan fingerprint density at radius 3 is 2.65 bits per heavy atom. The predicted molar refractivity (Wildman–Crippen MR) is 76.3 cm³/mol. The average Bonchev–Trinajstić information content (AvgIpc) is 2.98. The maximum atomic E-state index is 11.9. The summed E-state index contributed by atoms with van der Waals surface area (Å²) in [6, 6.07) is 3.81. The van der Waals surface area contributed by atoms with E-state index in [9.17, 15) is 15.0 Å². The minimum Gasteiger partial charge on any atom is -0.504 e. The number of nitrogens with one attached hydrogen (secondary N) is 1. The lowest BCUT2D eigenvalue weighted by atomic mass is 10.1. The number of amides is 1. The number of benzene rings is 1. The van der Waals surface area contributed by atoms with Gasteiger partial charge in [0.25, 0.3) is 0 Å². The number of phenols is 2. The van der Waals surface area contributed by atoms with Gasteiger partial charge in [0.1, 0.15) is 0 Å². The zero-order chi connectivity index (χ0) is 14.9. The third kappa shape index (κ3) is 3.42. The number of carbonyl (C=O) groups excluding carboxylic acids is 1. The third-order valence-corrected chi connectivity index (χ3v) is 4.07. The van der Waals surface area contributed by atoms with Crippen molar-refractivity contribution in [2.75, 3.05) is 6.54 Å². The largest absolute Gasteiger partial charge is 0.504 e. The van der Waals surface area contributed by atoms with Crippen molar-refractivity contribution >= 4 is 5.91 Å². The van der Waals surface area contributed by atoms with Crippen LogP contribution in [0.25, 0.3) is 0 Å². The second kappa shape index (κ2) is 5.32. The number of hydrogen-bond acceptors (Lipinski definition) is 4. The number of nitrogens with two attached hydrogens (primary N) is 1. The van der Waals surface area contributed by atoms with Crippen LogP contribution in [0.1, 0.15) is 25.8 Å². The van der Waals surface area contributed by atoms with Crippen LogP contribution in [0.15, 0.2) is 18.2 Å². The van der Waals surface area contributed by atoms with E-state index in [-0.39, 0.29) is 17.4 Å². The van der Waals surface area contributed by atoms with E-state index in [1.807, 2.05) is 0 Å². The number of carbonyl (C=O) groups is 1. The summed E-state index contributed by atoms with van der Waals surface area (Å²) in [7, 11) is 0. The van der Waals surface area contributed by atoms with Crippen molar-refractivity contribution in [3.8, 4) is 11.5 Å². The molecule has 1 aliphatic rings. The van der Waals surface area contributed by atoms with Crippen LogP contribution in [0.3, 0.4) is 0 Å². The molecule has 110 valence electrons. The van der Waals surface area contributed by atoms with Crippen LogP contribution in [0.2, 0.25) is 0 Å². The summed E-state index contributed by atoms with van der Waals surface area (Å²) < 4.78 is 0. The van der Waals surface area contributed by atoms with Crippen molar-refractivity contribution in [1.29, 1.82) is 0 Å². The molecule has 0 aromatic heterocycles. The standard InChI is InChI=1S/C15H22N2O3/c1-15(2)7-10(15)8-17-14(20)11(16)5-9-3-4-12(18)13(19)6-9/h3-4,6,10-11,18-19H,5,7-8,16H2,1-2H3,(H,17,20)/t10?,11-/m0/s1. The molecular weight excluding hydrogens is 256 g/mol. The summed E-state index contributed by atoms with van der Waals surface area (Å²) >= 11 is 0. The second-order valence-electron chi connectivity index (χ2n) is 6.27. The lowest BCUT2D eigenvalue weighted by molar-refractivity contribution is -0.122. The third-order valence-electron chi connectivity index (χ3n) is 4.07. The summed E-state index contributed by atoms with van der Waals surface area (Å²) in [6.07, 6.45) is 1.46. The van der Waals surface area contributed by atoms with Gasteiger partial charge in [-0.3, -0.25) is 4.79 Å². The van der Waals surface area contributed by atoms with E-state index >= 15 is 0 Å². The first kappa shape index (κ1) is 14.7. The quantitative estimate of drug-likeness (QED) is 0.607. The highest BCUT2D eigenvalue weighted by Gasteiger charge is 2.45. The smallest absolute Gasteiger partial charge is 0.237 e. The van der Waals surface area contributed by atoms with Crippen LogP contribution in [-0.4, -0.2) is 28.7 Å². The molecule has 0 bridgehead atoms. The van der Waals surface area contributed by atoms with Crippen molar-refractivity contribution in [2.24, 2.45) is 17.1 Å². The zero-order valence-electron chi connectivity index (χ0n) is 11.9. The van der Waals surface area contributed by atoms with E-state index in [1.165, 1.54) is 12.1 Å². The van der Waals surface area contributed by atoms with Crippen molar-refractivity contribution < 1.29 is 15.0 Å². The highest BCUT2D eigenvalue weighted by atomic mass is 16.3. The number of phenolic OH excluding ortho intramolecular Hbond substituents is 2. The second-order valence-corrected chi connectivity index (χ2v) is 6.27. The zero-order valence-corrected chi connectivity index (χ0v) is 11.9. The Kier molecular flexibility index (Phi) is 3.90. The van der Waals surface area contributed by atoms with E-state index in [2.05, 4.69) is 19.2 Å². The lowest BCUT2D eigenvalue weighted by Gasteiger charge is -2.13. The van der Waals surface area contributed by atoms with E-state index < -0.39 is 6.04 Å². The van der Waals surface area contributed by atoms with Gasteiger partial charge in [-0.05, 0) is 41.9 Å². The maximum absolute atomic E-state index is 11.9. The van der Waals surface area contributed by atoms with Gasteiger partial charge in [-0.25, -0.2) is 0 Å². The minimum atomic E-state index is -0.652. The minimum absolute atomic E-state index is 0.178. The molecule has 0 spiro atoms. The van der Waals surface area contributed by atoms with Crippen molar-refractivity contribution in [3.05, 3.63) is 23.8 Å². The van der Waals surface area contributed by atoms with E-state index in [1.54, 1.807) is 6.07 Å². The molecule has 1 amide bonds. The Bertz CT molecular complexity index is 514. The van der Waals surface area contributed by atoms with Crippen molar-refractivity contribution in [3.63, 3.8) is 0 Å². The summed E-state index contributed by atoms with van der Waals surface area (Å²) in [5.74, 6) is -0.0193. The van der Waals surface area contributed by atoms with Gasteiger partial charge in [-0.2, -0.15) is 0 Å². The monoisotopic (exact) mass is 278 g/mol. The molecule has 1 aromatic carbocycles. The van der Waals surface area contributed by atoms with Gasteiger partial charge in [0.15, 0.2) is 11.5 Å². The number of hydrogen-bond donors (Lipinski definition) is 4. The fraction of sp³-hybridized carbons (Fsp3) is 0.533. The SMILES string of the molecule is CC1(C)CC1CNC(=O)[C@@H](N)Cc1ccc(O)c(O)c1. The summed E-state index contributed by atoms with van der Waals surface area (Å²) in [5.41, 5.74) is 6.91. The Labute approximate surface area is 118 Å². The number of rotatable bonds is 5. The molecule has 2 rings (SSSR count). The normalized spacial score (nSPS) is 21.2. The first-order chi connectivity index (χ1) is 9.29. The topological polar surface area (TPSA) is 95.6 Å². The van der Waals surface area contributed by atoms with Crippen LogP contribution in [0.5, 0.6) is 11.5 Å². The maximum Gasteiger partial charge on any atom is 0.237 e. The Morgan fingerprint density at radius 2 is 2.10 bits per heavy atom. The first-order valence-electron chi connectivity index (χ1n) is 6.84. The molecule has 1 unspecified atom stereocenters. The molecule has 0 saturated heterocycles. The first-order valence-corrected chi connectivity index (χ1v) is 6.84. The molecule has 5 nitrogen and oxygen atoms in total. The molecule has 0 aliphatic heterocycles. The molecule has 1 fully saturated rings. The van der Waals surface area contributed by atoms with Gasteiger partial charge in [-0.1, -0.05) is 19.9 Å². The molecule has 0 heterocycles. The fourth-order valence-corrected chi connectivity index (χ4v) is 2.32. The van der Waals surface area contributed by atoms with E-state index in [0.29, 0.717) is 24.3 Å². The fourth-order valence-electron chi connectivity index (χ4n) is 2.32. The van der Waals surface area contributed by atoms with Gasteiger partial charge >= 0.3 is 0 Å². The van der Waals surface area contributed by atoms with Crippen LogP contribution < -0.4 is 11.1 Å². The molecule has 1 aliphatic carbocycles. The molecule has 1 saturated carbocycles. The molecule has 0 radical (unpaired) electrons. The Balaban J connectivity index is 1.83. The summed E-state index contributed by atoms with van der Waals surface area (Å²) in [4.78, 5) is 11.9. The Hall–Kier alpha value is -1.75. The van der Waals surface area contributed by atoms with Crippen LogP contribution in [-0.2, 0) is 11.2 Å². The van der Waals surface area contributed by atoms with Crippen molar-refractivity contribution in [1.82, 2.24) is 5.32 Å². The van der Waals surface area contributed by atoms with Gasteiger partial charge in [0.05, 0.1) is 6.04 Å². The molecule has 1 aromatic rings. The van der Waals surface area contributed by atoms with E-state index in [0.717, 1.165) is 12.0 Å². The highest BCUT2D eigenvalue weighted by molar-refractivity contribution is 5.81. The van der Waals surface area contributed by atoms with Crippen LogP contribution in [0, 0.1) is 11.3 Å². The molecule has 5 N–H and O–H groups in total. The lowest BCUT2D eigenvalue weighted by Crippen LogP contribution is -2.42. The van der Waals surface area contributed by atoms with Crippen LogP contribution in [0.4, 0.5) is 0 Å². The summed E-state index contributed by atoms with van der Waals surface area (Å²) in [5, 5.41) is 21.5. The molecular formula is C15H22N2O3. The molecule has 20 heavy (non-hydrogen) atoms. The summed E-state index contributed by atoms with van der Waals surface area (Å²) in [6.45, 7) is 5.03. The average molecular weight is 278 g/mol. The Morgan fingerprint density at radius 1 is 1.45 bits per heavy atom. The molecule has 5 heteroatoms. The van der Waals surface area contributed by atoms with Gasteiger partial charge < -0.3 is 21.3 Å². The predicted octanol–water partition coefficient (Wildman–Crippen LogP) is 1.13. The molecule has 2 atom stereocenters. The van der Waals surface area contributed by atoms with Gasteiger partial charge in [0.2, 0.25) is 5.91 Å². The van der Waals surface area contributed by atoms with Crippen LogP contribution >= 0.6 is 0 Å². The van der Waals surface area contributed by atoms with Crippen molar-refractivity contribution in [2.45, 2.75) is 32.7 Å². The van der Waals surface area contributed by atoms with Gasteiger partial charge in [-0.15, -0.1) is 0 Å². The number of aromatic hydroxyl groups is 2.